The highest BCUT2D eigenvalue weighted by molar-refractivity contribution is 6.10. The first-order valence-corrected chi connectivity index (χ1v) is 16.4. The fraction of sp³-hybridized carbons (Fsp3) is 0. The predicted octanol–water partition coefficient (Wildman–Crippen LogP) is 9.25. The first kappa shape index (κ1) is 28.0. The number of aromatic nitrogens is 8. The first-order chi connectivity index (χ1) is 24.8. The fourth-order valence-electron chi connectivity index (χ4n) is 6.94. The van der Waals surface area contributed by atoms with Gasteiger partial charge in [-0.25, -0.2) is 29.9 Å². The number of rotatable bonds is 5. The summed E-state index contributed by atoms with van der Waals surface area (Å²) in [5, 5.41) is 4.75. The predicted molar refractivity (Wildman–Crippen MR) is 198 cm³/mol. The molecule has 0 unspecified atom stereocenters. The lowest BCUT2D eigenvalue weighted by atomic mass is 10.2. The third-order valence-corrected chi connectivity index (χ3v) is 9.12. The zero-order chi connectivity index (χ0) is 33.0. The molecule has 8 nitrogen and oxygen atoms in total. The SMILES string of the molecule is c1cc(-c2ccnc(-c3nccc(-c4cccc(-n5c6ccccc6c6ccccc65)n4)n3)n2)nc(-n2c3ccccc3c3ccccc32)c1. The van der Waals surface area contributed by atoms with Crippen molar-refractivity contribution in [2.24, 2.45) is 0 Å². The highest BCUT2D eigenvalue weighted by Crippen LogP contribution is 2.33. The molecule has 10 aromatic rings. The van der Waals surface area contributed by atoms with Gasteiger partial charge in [0.15, 0.2) is 11.6 Å². The Morgan fingerprint density at radius 1 is 0.300 bits per heavy atom. The second-order valence-corrected chi connectivity index (χ2v) is 12.0. The van der Waals surface area contributed by atoms with Crippen LogP contribution in [0.25, 0.3) is 89.7 Å². The molecule has 0 saturated carbocycles. The van der Waals surface area contributed by atoms with Crippen molar-refractivity contribution in [2.45, 2.75) is 0 Å². The Hall–Kier alpha value is -7.06. The van der Waals surface area contributed by atoms with E-state index in [0.717, 1.165) is 45.1 Å². The molecule has 0 spiro atoms. The summed E-state index contributed by atoms with van der Waals surface area (Å²) in [6, 6.07) is 49.4. The van der Waals surface area contributed by atoms with E-state index in [1.165, 1.54) is 21.5 Å². The molecular formula is C42H26N8. The lowest BCUT2D eigenvalue weighted by Crippen LogP contribution is -2.02. The molecule has 10 rings (SSSR count). The largest absolute Gasteiger partial charge is 0.294 e. The number of hydrogen-bond acceptors (Lipinski definition) is 6. The van der Waals surface area contributed by atoms with Crippen LogP contribution in [0.15, 0.2) is 158 Å². The highest BCUT2D eigenvalue weighted by atomic mass is 15.1. The molecule has 50 heavy (non-hydrogen) atoms. The minimum Gasteiger partial charge on any atom is -0.294 e. The molecule has 0 amide bonds. The van der Waals surface area contributed by atoms with Crippen molar-refractivity contribution in [1.82, 2.24) is 39.0 Å². The molecule has 8 heteroatoms. The Bertz CT molecular complexity index is 2600. The van der Waals surface area contributed by atoms with Crippen LogP contribution in [0.4, 0.5) is 0 Å². The lowest BCUT2D eigenvalue weighted by molar-refractivity contribution is 1.05. The average Bonchev–Trinajstić information content (AvgIpc) is 3.71. The van der Waals surface area contributed by atoms with Gasteiger partial charge < -0.3 is 0 Å². The van der Waals surface area contributed by atoms with Crippen LogP contribution in [0.2, 0.25) is 0 Å². The Labute approximate surface area is 286 Å². The van der Waals surface area contributed by atoms with Gasteiger partial charge in [0.1, 0.15) is 11.6 Å². The summed E-state index contributed by atoms with van der Waals surface area (Å²) in [5.74, 6) is 2.44. The van der Waals surface area contributed by atoms with Crippen molar-refractivity contribution >= 4 is 43.6 Å². The number of fused-ring (bicyclic) bond motifs is 6. The minimum absolute atomic E-state index is 0.409. The number of pyridine rings is 2. The Morgan fingerprint density at radius 3 is 1.02 bits per heavy atom. The van der Waals surface area contributed by atoms with Gasteiger partial charge in [0.2, 0.25) is 0 Å². The quantitative estimate of drug-likeness (QED) is 0.186. The van der Waals surface area contributed by atoms with Crippen molar-refractivity contribution in [3.05, 3.63) is 158 Å². The van der Waals surface area contributed by atoms with E-state index in [1.807, 2.05) is 48.5 Å². The number of nitrogens with zero attached hydrogens (tertiary/aromatic N) is 8. The lowest BCUT2D eigenvalue weighted by Gasteiger charge is -2.10. The van der Waals surface area contributed by atoms with Crippen LogP contribution in [0.3, 0.4) is 0 Å². The standard InChI is InChI=1S/C42H26N8/c1-5-17-35-27(11-1)28-12-2-6-18-36(28)49(35)39-21-9-15-31(45-39)33-23-25-43-41(47-33)42-44-26-24-34(48-42)32-16-10-22-40(46-32)50-37-19-7-3-13-29(37)30-14-4-8-20-38(30)50/h1-26H. The van der Waals surface area contributed by atoms with Gasteiger partial charge in [-0.15, -0.1) is 0 Å². The van der Waals surface area contributed by atoms with E-state index in [9.17, 15) is 0 Å². The smallest absolute Gasteiger partial charge is 0.198 e. The van der Waals surface area contributed by atoms with E-state index in [2.05, 4.69) is 116 Å². The van der Waals surface area contributed by atoms with E-state index in [0.29, 0.717) is 23.0 Å². The van der Waals surface area contributed by atoms with Crippen LogP contribution in [-0.2, 0) is 0 Å². The van der Waals surface area contributed by atoms with Crippen molar-refractivity contribution in [3.63, 3.8) is 0 Å². The molecule has 0 fully saturated rings. The summed E-state index contributed by atoms with van der Waals surface area (Å²) in [6.07, 6.45) is 3.45. The van der Waals surface area contributed by atoms with E-state index < -0.39 is 0 Å². The van der Waals surface area contributed by atoms with Crippen molar-refractivity contribution < 1.29 is 0 Å². The molecule has 0 radical (unpaired) electrons. The molecular weight excluding hydrogens is 617 g/mol. The van der Waals surface area contributed by atoms with Crippen LogP contribution in [0.1, 0.15) is 0 Å². The zero-order valence-electron chi connectivity index (χ0n) is 26.6. The molecule has 0 aliphatic rings. The van der Waals surface area contributed by atoms with Crippen LogP contribution in [-0.4, -0.2) is 39.0 Å². The molecule has 6 heterocycles. The second kappa shape index (κ2) is 11.3. The molecule has 0 saturated heterocycles. The number of hydrogen-bond donors (Lipinski definition) is 0. The van der Waals surface area contributed by atoms with E-state index in [4.69, 9.17) is 19.9 Å². The summed E-state index contributed by atoms with van der Waals surface area (Å²) in [5.41, 5.74) is 7.21. The molecule has 0 atom stereocenters. The topological polar surface area (TPSA) is 87.2 Å². The normalized spacial score (nSPS) is 11.6. The summed E-state index contributed by atoms with van der Waals surface area (Å²) in [7, 11) is 0. The first-order valence-electron chi connectivity index (χ1n) is 16.4. The molecule has 234 valence electrons. The molecule has 0 aliphatic heterocycles. The van der Waals surface area contributed by atoms with Crippen molar-refractivity contribution in [2.75, 3.05) is 0 Å². The number of para-hydroxylation sites is 4. The maximum Gasteiger partial charge on any atom is 0.198 e. The average molecular weight is 643 g/mol. The molecule has 6 aromatic heterocycles. The number of benzene rings is 4. The van der Waals surface area contributed by atoms with E-state index in [-0.39, 0.29) is 0 Å². The van der Waals surface area contributed by atoms with Crippen LogP contribution in [0.5, 0.6) is 0 Å². The third kappa shape index (κ3) is 4.47. The maximum atomic E-state index is 5.08. The molecule has 0 N–H and O–H groups in total. The monoisotopic (exact) mass is 642 g/mol. The zero-order valence-corrected chi connectivity index (χ0v) is 26.6. The van der Waals surface area contributed by atoms with E-state index >= 15 is 0 Å². The van der Waals surface area contributed by atoms with Crippen molar-refractivity contribution in [1.29, 1.82) is 0 Å². The Balaban J connectivity index is 1.03. The van der Waals surface area contributed by atoms with Crippen LogP contribution >= 0.6 is 0 Å². The summed E-state index contributed by atoms with van der Waals surface area (Å²) in [6.45, 7) is 0. The van der Waals surface area contributed by atoms with Crippen LogP contribution in [0, 0.1) is 0 Å². The van der Waals surface area contributed by atoms with Crippen LogP contribution < -0.4 is 0 Å². The highest BCUT2D eigenvalue weighted by Gasteiger charge is 2.16. The van der Waals surface area contributed by atoms with Gasteiger partial charge in [0.25, 0.3) is 0 Å². The Kier molecular flexibility index (Phi) is 6.32. The molecule has 0 aliphatic carbocycles. The minimum atomic E-state index is 0.409. The van der Waals surface area contributed by atoms with E-state index in [1.54, 1.807) is 12.4 Å². The van der Waals surface area contributed by atoms with Gasteiger partial charge in [-0.2, -0.15) is 0 Å². The third-order valence-electron chi connectivity index (χ3n) is 9.12. The summed E-state index contributed by atoms with van der Waals surface area (Å²) in [4.78, 5) is 29.1. The fourth-order valence-corrected chi connectivity index (χ4v) is 6.94. The summed E-state index contributed by atoms with van der Waals surface area (Å²) < 4.78 is 4.40. The van der Waals surface area contributed by atoms with Gasteiger partial charge in [0, 0.05) is 33.9 Å². The van der Waals surface area contributed by atoms with Crippen molar-refractivity contribution in [3.8, 4) is 46.1 Å². The van der Waals surface area contributed by atoms with Gasteiger partial charge >= 0.3 is 0 Å². The molecule has 4 aromatic carbocycles. The van der Waals surface area contributed by atoms with Gasteiger partial charge in [-0.05, 0) is 60.7 Å². The molecule has 0 bridgehead atoms. The Morgan fingerprint density at radius 2 is 0.640 bits per heavy atom. The summed E-state index contributed by atoms with van der Waals surface area (Å²) >= 11 is 0. The second-order valence-electron chi connectivity index (χ2n) is 12.0. The van der Waals surface area contributed by atoms with Gasteiger partial charge in [0.05, 0.1) is 44.8 Å². The maximum absolute atomic E-state index is 5.08. The van der Waals surface area contributed by atoms with Gasteiger partial charge in [-0.3, -0.25) is 9.13 Å². The van der Waals surface area contributed by atoms with Gasteiger partial charge in [-0.1, -0.05) is 84.9 Å².